The molecule has 0 aliphatic carbocycles. The highest BCUT2D eigenvalue weighted by Crippen LogP contribution is 2.27. The van der Waals surface area contributed by atoms with Crippen molar-refractivity contribution in [1.82, 2.24) is 4.57 Å². The Morgan fingerprint density at radius 3 is 2.50 bits per heavy atom. The molecule has 18 heavy (non-hydrogen) atoms. The van der Waals surface area contributed by atoms with E-state index in [1.807, 2.05) is 31.3 Å². The van der Waals surface area contributed by atoms with E-state index in [1.165, 1.54) is 5.56 Å². The van der Waals surface area contributed by atoms with Crippen LogP contribution in [0.2, 0.25) is 0 Å². The van der Waals surface area contributed by atoms with E-state index >= 15 is 0 Å². The molecule has 0 radical (unpaired) electrons. The van der Waals surface area contributed by atoms with Crippen LogP contribution in [0.15, 0.2) is 42.6 Å². The average Bonchev–Trinajstić information content (AvgIpc) is 2.41. The molecule has 1 N–H and O–H groups in total. The summed E-state index contributed by atoms with van der Waals surface area (Å²) in [6, 6.07) is 12.3. The number of aromatic nitrogens is 1. The highest BCUT2D eigenvalue weighted by molar-refractivity contribution is 7.71. The molecule has 94 valence electrons. The average molecular weight is 259 g/mol. The molecule has 0 aliphatic heterocycles. The van der Waals surface area contributed by atoms with Crippen LogP contribution in [-0.4, -0.2) is 9.67 Å². The van der Waals surface area contributed by atoms with E-state index in [1.54, 1.807) is 6.07 Å². The number of rotatable bonds is 3. The van der Waals surface area contributed by atoms with Crippen molar-refractivity contribution in [3.05, 3.63) is 58.4 Å². The SMILES string of the molecule is CCC(c1ccccc1)n1ccc(=S)c(O)c1C. The maximum Gasteiger partial charge on any atom is 0.152 e. The summed E-state index contributed by atoms with van der Waals surface area (Å²) in [5, 5.41) is 9.95. The lowest BCUT2D eigenvalue weighted by molar-refractivity contribution is 0.446. The summed E-state index contributed by atoms with van der Waals surface area (Å²) in [6.45, 7) is 4.04. The maximum absolute atomic E-state index is 9.95. The Hall–Kier alpha value is -1.61. The Morgan fingerprint density at radius 1 is 1.22 bits per heavy atom. The van der Waals surface area contributed by atoms with Crippen molar-refractivity contribution in [3.8, 4) is 5.75 Å². The number of nitrogens with zero attached hydrogens (tertiary/aromatic N) is 1. The number of pyridine rings is 1. The van der Waals surface area contributed by atoms with Crippen molar-refractivity contribution in [2.45, 2.75) is 26.3 Å². The van der Waals surface area contributed by atoms with Crippen molar-refractivity contribution in [2.24, 2.45) is 0 Å². The van der Waals surface area contributed by atoms with E-state index in [0.29, 0.717) is 4.51 Å². The third-order valence-electron chi connectivity index (χ3n) is 3.26. The molecule has 0 saturated heterocycles. The maximum atomic E-state index is 9.95. The van der Waals surface area contributed by atoms with Gasteiger partial charge in [-0.05, 0) is 25.0 Å². The first kappa shape index (κ1) is 12.8. The zero-order valence-corrected chi connectivity index (χ0v) is 11.4. The molecule has 0 bridgehead atoms. The first-order valence-corrected chi connectivity index (χ1v) is 6.51. The van der Waals surface area contributed by atoms with E-state index in [2.05, 4.69) is 23.6 Å². The lowest BCUT2D eigenvalue weighted by atomic mass is 10.0. The molecule has 2 aromatic rings. The smallest absolute Gasteiger partial charge is 0.152 e. The molecule has 1 heterocycles. The lowest BCUT2D eigenvalue weighted by Crippen LogP contribution is -2.12. The van der Waals surface area contributed by atoms with E-state index in [-0.39, 0.29) is 11.8 Å². The second kappa shape index (κ2) is 5.36. The van der Waals surface area contributed by atoms with Crippen molar-refractivity contribution in [2.75, 3.05) is 0 Å². The summed E-state index contributed by atoms with van der Waals surface area (Å²) in [5.74, 6) is 0.210. The Kier molecular flexibility index (Phi) is 3.82. The summed E-state index contributed by atoms with van der Waals surface area (Å²) in [5.41, 5.74) is 2.06. The second-order valence-electron chi connectivity index (χ2n) is 4.36. The zero-order chi connectivity index (χ0) is 13.1. The normalized spacial score (nSPS) is 12.3. The van der Waals surface area contributed by atoms with Crippen molar-refractivity contribution < 1.29 is 5.11 Å². The van der Waals surface area contributed by atoms with Gasteiger partial charge in [0.25, 0.3) is 0 Å². The van der Waals surface area contributed by atoms with Gasteiger partial charge in [-0.25, -0.2) is 0 Å². The third-order valence-corrected chi connectivity index (χ3v) is 3.59. The monoisotopic (exact) mass is 259 g/mol. The number of aromatic hydroxyl groups is 1. The fourth-order valence-electron chi connectivity index (χ4n) is 2.25. The Balaban J connectivity index is 2.53. The highest BCUT2D eigenvalue weighted by Gasteiger charge is 2.13. The Morgan fingerprint density at radius 2 is 1.89 bits per heavy atom. The van der Waals surface area contributed by atoms with Gasteiger partial charge < -0.3 is 9.67 Å². The second-order valence-corrected chi connectivity index (χ2v) is 4.80. The van der Waals surface area contributed by atoms with Gasteiger partial charge >= 0.3 is 0 Å². The quantitative estimate of drug-likeness (QED) is 0.834. The van der Waals surface area contributed by atoms with Crippen LogP contribution in [-0.2, 0) is 0 Å². The number of hydrogen-bond acceptors (Lipinski definition) is 2. The molecular weight excluding hydrogens is 242 g/mol. The first-order valence-electron chi connectivity index (χ1n) is 6.10. The zero-order valence-electron chi connectivity index (χ0n) is 10.6. The van der Waals surface area contributed by atoms with E-state index < -0.39 is 0 Å². The minimum atomic E-state index is 0.210. The standard InChI is InChI=1S/C15H17NOS/c1-3-13(12-7-5-4-6-8-12)16-10-9-14(18)15(17)11(16)2/h4-10,13,17H,3H2,1-2H3. The van der Waals surface area contributed by atoms with Crippen LogP contribution in [0, 0.1) is 11.4 Å². The summed E-state index contributed by atoms with van der Waals surface area (Å²) >= 11 is 5.08. The minimum Gasteiger partial charge on any atom is -0.505 e. The van der Waals surface area contributed by atoms with Crippen LogP contribution < -0.4 is 0 Å². The van der Waals surface area contributed by atoms with Gasteiger partial charge in [-0.3, -0.25) is 0 Å². The van der Waals surface area contributed by atoms with Gasteiger partial charge in [-0.1, -0.05) is 49.5 Å². The molecule has 3 heteroatoms. The summed E-state index contributed by atoms with van der Waals surface area (Å²) in [7, 11) is 0. The van der Waals surface area contributed by atoms with Gasteiger partial charge in [-0.15, -0.1) is 0 Å². The van der Waals surface area contributed by atoms with Crippen molar-refractivity contribution >= 4 is 12.2 Å². The molecule has 0 fully saturated rings. The molecule has 0 aliphatic rings. The molecule has 0 spiro atoms. The van der Waals surface area contributed by atoms with Gasteiger partial charge in [0.2, 0.25) is 0 Å². The largest absolute Gasteiger partial charge is 0.505 e. The van der Waals surface area contributed by atoms with E-state index in [0.717, 1.165) is 12.1 Å². The van der Waals surface area contributed by atoms with Crippen LogP contribution >= 0.6 is 12.2 Å². The van der Waals surface area contributed by atoms with E-state index in [9.17, 15) is 5.11 Å². The van der Waals surface area contributed by atoms with Crippen LogP contribution in [0.5, 0.6) is 5.75 Å². The highest BCUT2D eigenvalue weighted by atomic mass is 32.1. The Labute approximate surface area is 113 Å². The molecule has 1 aromatic carbocycles. The summed E-state index contributed by atoms with van der Waals surface area (Å²) in [6.07, 6.45) is 2.92. The molecule has 1 atom stereocenters. The molecular formula is C15H17NOS. The predicted octanol–water partition coefficient (Wildman–Crippen LogP) is 4.23. The summed E-state index contributed by atoms with van der Waals surface area (Å²) in [4.78, 5) is 0. The summed E-state index contributed by atoms with van der Waals surface area (Å²) < 4.78 is 2.59. The fraction of sp³-hybridized carbons (Fsp3) is 0.267. The number of benzene rings is 1. The third kappa shape index (κ3) is 2.31. The fourth-order valence-corrected chi connectivity index (χ4v) is 2.45. The van der Waals surface area contributed by atoms with Crippen LogP contribution in [0.3, 0.4) is 0 Å². The lowest BCUT2D eigenvalue weighted by Gasteiger charge is -2.22. The number of hydrogen-bond donors (Lipinski definition) is 1. The van der Waals surface area contributed by atoms with Gasteiger partial charge in [0.1, 0.15) is 0 Å². The molecule has 1 aromatic heterocycles. The van der Waals surface area contributed by atoms with Crippen LogP contribution in [0.25, 0.3) is 0 Å². The van der Waals surface area contributed by atoms with Gasteiger partial charge in [-0.2, -0.15) is 0 Å². The predicted molar refractivity (Wildman–Crippen MR) is 76.5 cm³/mol. The molecule has 1 unspecified atom stereocenters. The van der Waals surface area contributed by atoms with Gasteiger partial charge in [0.15, 0.2) is 5.75 Å². The van der Waals surface area contributed by atoms with Crippen LogP contribution in [0.1, 0.15) is 30.6 Å². The van der Waals surface area contributed by atoms with Gasteiger partial charge in [0, 0.05) is 6.20 Å². The minimum absolute atomic E-state index is 0.210. The Bertz CT molecular complexity index is 589. The van der Waals surface area contributed by atoms with E-state index in [4.69, 9.17) is 12.2 Å². The first-order chi connectivity index (χ1) is 8.65. The van der Waals surface area contributed by atoms with Crippen molar-refractivity contribution in [3.63, 3.8) is 0 Å². The molecule has 0 saturated carbocycles. The topological polar surface area (TPSA) is 25.2 Å². The van der Waals surface area contributed by atoms with Crippen molar-refractivity contribution in [1.29, 1.82) is 0 Å². The molecule has 2 rings (SSSR count). The molecule has 2 nitrogen and oxygen atoms in total. The molecule has 0 amide bonds. The van der Waals surface area contributed by atoms with Crippen LogP contribution in [0.4, 0.5) is 0 Å². The van der Waals surface area contributed by atoms with Gasteiger partial charge in [0.05, 0.1) is 16.2 Å².